The SMILES string of the molecule is CC(C)Cn1c(C2CCC(F)(F)CC2)nnc1S(=O)(=O)Cl. The summed E-state index contributed by atoms with van der Waals surface area (Å²) in [6.07, 6.45) is 0.113. The molecular formula is C12H18ClF2N3O2S. The molecule has 1 aromatic rings. The van der Waals surface area contributed by atoms with E-state index in [0.717, 1.165) is 0 Å². The highest BCUT2D eigenvalue weighted by molar-refractivity contribution is 8.13. The van der Waals surface area contributed by atoms with Crippen molar-refractivity contribution in [1.82, 2.24) is 14.8 Å². The van der Waals surface area contributed by atoms with Crippen molar-refractivity contribution < 1.29 is 17.2 Å². The molecule has 21 heavy (non-hydrogen) atoms. The van der Waals surface area contributed by atoms with E-state index in [1.807, 2.05) is 13.8 Å². The lowest BCUT2D eigenvalue weighted by molar-refractivity contribution is -0.0390. The van der Waals surface area contributed by atoms with Gasteiger partial charge in [-0.3, -0.25) is 0 Å². The third-order valence-electron chi connectivity index (χ3n) is 3.59. The second-order valence-corrected chi connectivity index (χ2v) is 8.37. The molecule has 1 heterocycles. The fourth-order valence-corrected chi connectivity index (χ4v) is 3.53. The summed E-state index contributed by atoms with van der Waals surface area (Å²) in [5.74, 6) is -2.25. The van der Waals surface area contributed by atoms with Crippen LogP contribution in [0, 0.1) is 5.92 Å². The van der Waals surface area contributed by atoms with Crippen LogP contribution in [0.25, 0.3) is 0 Å². The van der Waals surface area contributed by atoms with E-state index < -0.39 is 15.0 Å². The molecule has 1 aliphatic carbocycles. The van der Waals surface area contributed by atoms with Gasteiger partial charge in [-0.25, -0.2) is 17.2 Å². The molecule has 0 N–H and O–H groups in total. The van der Waals surface area contributed by atoms with Gasteiger partial charge >= 0.3 is 0 Å². The van der Waals surface area contributed by atoms with Gasteiger partial charge in [0.25, 0.3) is 14.2 Å². The van der Waals surface area contributed by atoms with Crippen molar-refractivity contribution in [3.05, 3.63) is 5.82 Å². The van der Waals surface area contributed by atoms with Crippen LogP contribution >= 0.6 is 10.7 Å². The van der Waals surface area contributed by atoms with Crippen LogP contribution in [0.4, 0.5) is 8.78 Å². The van der Waals surface area contributed by atoms with Crippen LogP contribution < -0.4 is 0 Å². The molecule has 0 aromatic carbocycles. The summed E-state index contributed by atoms with van der Waals surface area (Å²) < 4.78 is 51.1. The number of nitrogens with zero attached hydrogens (tertiary/aromatic N) is 3. The van der Waals surface area contributed by atoms with Gasteiger partial charge in [-0.1, -0.05) is 13.8 Å². The average molecular weight is 342 g/mol. The molecule has 1 aromatic heterocycles. The van der Waals surface area contributed by atoms with E-state index in [9.17, 15) is 17.2 Å². The highest BCUT2D eigenvalue weighted by Gasteiger charge is 2.38. The lowest BCUT2D eigenvalue weighted by atomic mass is 9.86. The highest BCUT2D eigenvalue weighted by atomic mass is 35.7. The van der Waals surface area contributed by atoms with Gasteiger partial charge in [-0.15, -0.1) is 10.2 Å². The van der Waals surface area contributed by atoms with Crippen molar-refractivity contribution in [3.8, 4) is 0 Å². The Hall–Kier alpha value is -0.760. The van der Waals surface area contributed by atoms with E-state index in [1.54, 1.807) is 0 Å². The standard InChI is InChI=1S/C12H18ClF2N3O2S/c1-8(2)7-18-10(16-17-11(18)21(13,19)20)9-3-5-12(14,15)6-4-9/h8-9H,3-7H2,1-2H3. The number of rotatable bonds is 4. The average Bonchev–Trinajstić information content (AvgIpc) is 2.71. The molecule has 9 heteroatoms. The monoisotopic (exact) mass is 341 g/mol. The van der Waals surface area contributed by atoms with Crippen LogP contribution in [0.3, 0.4) is 0 Å². The number of halogens is 3. The maximum Gasteiger partial charge on any atom is 0.296 e. The van der Waals surface area contributed by atoms with Crippen molar-refractivity contribution in [3.63, 3.8) is 0 Å². The first kappa shape index (κ1) is 16.6. The van der Waals surface area contributed by atoms with Crippen LogP contribution in [0.2, 0.25) is 0 Å². The fraction of sp³-hybridized carbons (Fsp3) is 0.833. The van der Waals surface area contributed by atoms with E-state index in [4.69, 9.17) is 10.7 Å². The van der Waals surface area contributed by atoms with Gasteiger partial charge < -0.3 is 4.57 Å². The Morgan fingerprint density at radius 1 is 1.33 bits per heavy atom. The third kappa shape index (κ3) is 3.91. The summed E-state index contributed by atoms with van der Waals surface area (Å²) in [7, 11) is 1.37. The van der Waals surface area contributed by atoms with E-state index in [-0.39, 0.29) is 42.7 Å². The third-order valence-corrected chi connectivity index (χ3v) is 4.75. The predicted molar refractivity (Wildman–Crippen MR) is 74.1 cm³/mol. The molecule has 0 atom stereocenters. The molecule has 1 saturated carbocycles. The topological polar surface area (TPSA) is 64.8 Å². The molecule has 0 bridgehead atoms. The minimum absolute atomic E-state index is 0.155. The number of hydrogen-bond donors (Lipinski definition) is 0. The number of aromatic nitrogens is 3. The van der Waals surface area contributed by atoms with Crippen LogP contribution in [-0.2, 0) is 15.6 Å². The van der Waals surface area contributed by atoms with Gasteiger partial charge in [0.05, 0.1) is 0 Å². The highest BCUT2D eigenvalue weighted by Crippen LogP contribution is 2.40. The molecule has 0 unspecified atom stereocenters. The minimum atomic E-state index is -4.01. The lowest BCUT2D eigenvalue weighted by Crippen LogP contribution is -2.26. The molecule has 0 spiro atoms. The molecule has 2 rings (SSSR count). The first-order valence-electron chi connectivity index (χ1n) is 6.86. The molecule has 0 radical (unpaired) electrons. The fourth-order valence-electron chi connectivity index (χ4n) is 2.62. The molecular weight excluding hydrogens is 324 g/mol. The Labute approximate surface area is 127 Å². The minimum Gasteiger partial charge on any atom is -0.300 e. The molecule has 0 amide bonds. The number of alkyl halides is 2. The first-order valence-corrected chi connectivity index (χ1v) is 9.16. The van der Waals surface area contributed by atoms with Crippen molar-refractivity contribution in [1.29, 1.82) is 0 Å². The molecule has 0 saturated heterocycles. The second kappa shape index (κ2) is 5.79. The van der Waals surface area contributed by atoms with Gasteiger partial charge in [0.2, 0.25) is 5.92 Å². The van der Waals surface area contributed by atoms with Crippen LogP contribution in [0.5, 0.6) is 0 Å². The number of hydrogen-bond acceptors (Lipinski definition) is 4. The van der Waals surface area contributed by atoms with Gasteiger partial charge in [0.1, 0.15) is 5.82 Å². The molecule has 0 aliphatic heterocycles. The van der Waals surface area contributed by atoms with Crippen LogP contribution in [0.1, 0.15) is 51.3 Å². The normalized spacial score (nSPS) is 20.1. The van der Waals surface area contributed by atoms with Crippen LogP contribution in [-0.4, -0.2) is 29.1 Å². The molecule has 1 aliphatic rings. The maximum atomic E-state index is 13.2. The summed E-state index contributed by atoms with van der Waals surface area (Å²) in [5, 5.41) is 7.27. The van der Waals surface area contributed by atoms with Crippen molar-refractivity contribution >= 4 is 19.7 Å². The largest absolute Gasteiger partial charge is 0.300 e. The smallest absolute Gasteiger partial charge is 0.296 e. The van der Waals surface area contributed by atoms with E-state index in [0.29, 0.717) is 12.4 Å². The van der Waals surface area contributed by atoms with E-state index in [2.05, 4.69) is 10.2 Å². The molecule has 1 fully saturated rings. The van der Waals surface area contributed by atoms with Gasteiger partial charge in [0.15, 0.2) is 0 Å². The summed E-state index contributed by atoms with van der Waals surface area (Å²) in [6.45, 7) is 4.23. The van der Waals surface area contributed by atoms with E-state index in [1.165, 1.54) is 4.57 Å². The summed E-state index contributed by atoms with van der Waals surface area (Å²) in [4.78, 5) is 0. The Morgan fingerprint density at radius 2 is 1.90 bits per heavy atom. The quantitative estimate of drug-likeness (QED) is 0.789. The molecule has 5 nitrogen and oxygen atoms in total. The zero-order valence-corrected chi connectivity index (χ0v) is 13.5. The molecule has 120 valence electrons. The summed E-state index contributed by atoms with van der Waals surface area (Å²) >= 11 is 0. The summed E-state index contributed by atoms with van der Waals surface area (Å²) in [5.41, 5.74) is 0. The second-order valence-electron chi connectivity index (χ2n) is 5.91. The zero-order valence-electron chi connectivity index (χ0n) is 11.9. The summed E-state index contributed by atoms with van der Waals surface area (Å²) in [6, 6.07) is 0. The zero-order chi connectivity index (χ0) is 15.8. The lowest BCUT2D eigenvalue weighted by Gasteiger charge is -2.28. The van der Waals surface area contributed by atoms with E-state index >= 15 is 0 Å². The van der Waals surface area contributed by atoms with Gasteiger partial charge in [0, 0.05) is 36.0 Å². The van der Waals surface area contributed by atoms with Crippen molar-refractivity contribution in [2.24, 2.45) is 5.92 Å². The Morgan fingerprint density at radius 3 is 2.38 bits per heavy atom. The Kier molecular flexibility index (Phi) is 4.58. The Bertz CT molecular complexity index is 606. The maximum absolute atomic E-state index is 13.2. The first-order chi connectivity index (χ1) is 9.60. The Balaban J connectivity index is 2.34. The van der Waals surface area contributed by atoms with Crippen molar-refractivity contribution in [2.45, 2.75) is 63.1 Å². The van der Waals surface area contributed by atoms with Crippen LogP contribution in [0.15, 0.2) is 5.16 Å². The van der Waals surface area contributed by atoms with Gasteiger partial charge in [-0.2, -0.15) is 0 Å². The predicted octanol–water partition coefficient (Wildman–Crippen LogP) is 3.15. The van der Waals surface area contributed by atoms with Crippen molar-refractivity contribution in [2.75, 3.05) is 0 Å². The van der Waals surface area contributed by atoms with Gasteiger partial charge in [-0.05, 0) is 18.8 Å².